The van der Waals surface area contributed by atoms with Gasteiger partial charge in [0, 0.05) is 6.20 Å². The number of pyridine rings is 1. The molecular weight excluding hydrogens is 202 g/mol. The molecule has 1 aromatic heterocycles. The first kappa shape index (κ1) is 10.9. The Balaban J connectivity index is 2.35. The molecule has 3 heteroatoms. The van der Waals surface area contributed by atoms with Crippen LogP contribution in [0.2, 0.25) is 0 Å². The lowest BCUT2D eigenvalue weighted by Crippen LogP contribution is -2.08. The topological polar surface area (TPSA) is 39.2 Å². The lowest BCUT2D eigenvalue weighted by atomic mass is 10.0. The molecule has 0 N–H and O–H groups in total. The van der Waals surface area contributed by atoms with E-state index >= 15 is 0 Å². The fourth-order valence-electron chi connectivity index (χ4n) is 1.71. The maximum Gasteiger partial charge on any atom is 0.339 e. The predicted octanol–water partition coefficient (Wildman–Crippen LogP) is 2.78. The molecule has 0 bridgehead atoms. The summed E-state index contributed by atoms with van der Waals surface area (Å²) in [5.74, 6) is 0.230. The zero-order valence-corrected chi connectivity index (χ0v) is 9.40. The number of hydrogen-bond acceptors (Lipinski definition) is 3. The fourth-order valence-corrected chi connectivity index (χ4v) is 1.71. The first-order valence-corrected chi connectivity index (χ1v) is 5.55. The molecule has 84 valence electrons. The van der Waals surface area contributed by atoms with E-state index in [2.05, 4.69) is 11.6 Å². The van der Waals surface area contributed by atoms with Gasteiger partial charge in [-0.2, -0.15) is 0 Å². The molecule has 1 aliphatic carbocycles. The van der Waals surface area contributed by atoms with E-state index in [9.17, 15) is 4.79 Å². The Labute approximate surface area is 95.2 Å². The lowest BCUT2D eigenvalue weighted by molar-refractivity contribution is 0.0524. The summed E-state index contributed by atoms with van der Waals surface area (Å²) in [6.07, 6.45) is 5.59. The molecule has 1 saturated carbocycles. The van der Waals surface area contributed by atoms with Gasteiger partial charge in [-0.1, -0.05) is 6.58 Å². The predicted molar refractivity (Wildman–Crippen MR) is 62.3 cm³/mol. The molecular formula is C13H15NO2. The van der Waals surface area contributed by atoms with Gasteiger partial charge in [-0.25, -0.2) is 4.79 Å². The first-order chi connectivity index (χ1) is 7.76. The van der Waals surface area contributed by atoms with Crippen molar-refractivity contribution >= 4 is 12.0 Å². The molecule has 0 aromatic carbocycles. The van der Waals surface area contributed by atoms with Crippen LogP contribution in [-0.4, -0.2) is 17.6 Å². The molecule has 1 fully saturated rings. The van der Waals surface area contributed by atoms with Crippen LogP contribution in [0.3, 0.4) is 0 Å². The highest BCUT2D eigenvalue weighted by molar-refractivity contribution is 5.91. The number of esters is 1. The summed E-state index contributed by atoms with van der Waals surface area (Å²) in [5.41, 5.74) is 2.48. The highest BCUT2D eigenvalue weighted by Crippen LogP contribution is 2.41. The summed E-state index contributed by atoms with van der Waals surface area (Å²) in [7, 11) is 0. The third kappa shape index (κ3) is 2.13. The third-order valence-corrected chi connectivity index (χ3v) is 2.68. The number of carbonyl (C=O) groups is 1. The van der Waals surface area contributed by atoms with E-state index < -0.39 is 0 Å². The Morgan fingerprint density at radius 2 is 2.44 bits per heavy atom. The van der Waals surface area contributed by atoms with E-state index in [1.807, 2.05) is 6.07 Å². The van der Waals surface area contributed by atoms with Crippen LogP contribution < -0.4 is 0 Å². The van der Waals surface area contributed by atoms with Crippen LogP contribution in [0.15, 0.2) is 18.8 Å². The van der Waals surface area contributed by atoms with Crippen molar-refractivity contribution in [1.82, 2.24) is 4.98 Å². The van der Waals surface area contributed by atoms with Crippen LogP contribution in [0.5, 0.6) is 0 Å². The normalized spacial score (nSPS) is 14.6. The van der Waals surface area contributed by atoms with Gasteiger partial charge in [0.15, 0.2) is 0 Å². The summed E-state index contributed by atoms with van der Waals surface area (Å²) in [6, 6.07) is 1.94. The second kappa shape index (κ2) is 4.47. The van der Waals surface area contributed by atoms with Crippen LogP contribution >= 0.6 is 0 Å². The number of ether oxygens (including phenoxy) is 1. The summed E-state index contributed by atoms with van der Waals surface area (Å²) in [4.78, 5) is 15.9. The minimum atomic E-state index is -0.271. The zero-order chi connectivity index (χ0) is 11.5. The van der Waals surface area contributed by atoms with Crippen molar-refractivity contribution in [2.75, 3.05) is 6.61 Å². The number of rotatable bonds is 4. The van der Waals surface area contributed by atoms with Gasteiger partial charge in [0.05, 0.1) is 17.9 Å². The van der Waals surface area contributed by atoms with Crippen LogP contribution in [0.4, 0.5) is 0 Å². The molecule has 1 aromatic rings. The fraction of sp³-hybridized carbons (Fsp3) is 0.385. The molecule has 0 aliphatic heterocycles. The molecule has 0 atom stereocenters. The Hall–Kier alpha value is -1.64. The minimum absolute atomic E-state index is 0.271. The van der Waals surface area contributed by atoms with Crippen molar-refractivity contribution < 1.29 is 9.53 Å². The zero-order valence-electron chi connectivity index (χ0n) is 9.40. The van der Waals surface area contributed by atoms with Gasteiger partial charge in [0.2, 0.25) is 0 Å². The van der Waals surface area contributed by atoms with E-state index in [1.54, 1.807) is 19.2 Å². The molecule has 1 aliphatic rings. The highest BCUT2D eigenvalue weighted by Gasteiger charge is 2.29. The molecule has 1 heterocycles. The van der Waals surface area contributed by atoms with Gasteiger partial charge in [0.1, 0.15) is 0 Å². The van der Waals surface area contributed by atoms with Crippen LogP contribution in [0, 0.1) is 0 Å². The van der Waals surface area contributed by atoms with Crippen molar-refractivity contribution in [3.63, 3.8) is 0 Å². The van der Waals surface area contributed by atoms with Crippen LogP contribution in [0.1, 0.15) is 47.3 Å². The maximum absolute atomic E-state index is 11.7. The molecule has 0 saturated heterocycles. The molecule has 2 rings (SSSR count). The Morgan fingerprint density at radius 3 is 3.00 bits per heavy atom. The molecule has 0 radical (unpaired) electrons. The van der Waals surface area contributed by atoms with Crippen molar-refractivity contribution in [3.05, 3.63) is 35.7 Å². The van der Waals surface area contributed by atoms with Crippen molar-refractivity contribution in [1.29, 1.82) is 0 Å². The SMILES string of the molecule is C=Cc1cc(C2CC2)c(C(=O)OCC)cn1. The summed E-state index contributed by atoms with van der Waals surface area (Å²) < 4.78 is 5.02. The largest absolute Gasteiger partial charge is 0.462 e. The molecule has 0 unspecified atom stereocenters. The monoisotopic (exact) mass is 217 g/mol. The lowest BCUT2D eigenvalue weighted by Gasteiger charge is -2.08. The van der Waals surface area contributed by atoms with E-state index in [0.717, 1.165) is 24.1 Å². The number of aromatic nitrogens is 1. The van der Waals surface area contributed by atoms with Gasteiger partial charge in [-0.3, -0.25) is 4.98 Å². The number of hydrogen-bond donors (Lipinski definition) is 0. The van der Waals surface area contributed by atoms with Gasteiger partial charge in [0.25, 0.3) is 0 Å². The smallest absolute Gasteiger partial charge is 0.339 e. The number of carbonyl (C=O) groups excluding carboxylic acids is 1. The standard InChI is InChI=1S/C13H15NO2/c1-3-10-7-11(9-5-6-9)12(8-14-10)13(15)16-4-2/h3,7-9H,1,4-6H2,2H3. The highest BCUT2D eigenvalue weighted by atomic mass is 16.5. The van der Waals surface area contributed by atoms with Crippen molar-refractivity contribution in [3.8, 4) is 0 Å². The van der Waals surface area contributed by atoms with Crippen LogP contribution in [0.25, 0.3) is 6.08 Å². The quantitative estimate of drug-likeness (QED) is 0.728. The average molecular weight is 217 g/mol. The first-order valence-electron chi connectivity index (χ1n) is 5.55. The second-order valence-corrected chi connectivity index (χ2v) is 3.90. The minimum Gasteiger partial charge on any atom is -0.462 e. The van der Waals surface area contributed by atoms with Gasteiger partial charge in [-0.05, 0) is 43.4 Å². The summed E-state index contributed by atoms with van der Waals surface area (Å²) in [6.45, 7) is 5.88. The van der Waals surface area contributed by atoms with Crippen molar-refractivity contribution in [2.24, 2.45) is 0 Å². The Bertz CT molecular complexity index is 422. The second-order valence-electron chi connectivity index (χ2n) is 3.90. The number of nitrogens with zero attached hydrogens (tertiary/aromatic N) is 1. The molecule has 3 nitrogen and oxygen atoms in total. The molecule has 16 heavy (non-hydrogen) atoms. The van der Waals surface area contributed by atoms with Crippen LogP contribution in [-0.2, 0) is 4.74 Å². The molecule has 0 amide bonds. The van der Waals surface area contributed by atoms with Gasteiger partial charge >= 0.3 is 5.97 Å². The Kier molecular flexibility index (Phi) is 3.04. The van der Waals surface area contributed by atoms with E-state index in [4.69, 9.17) is 4.74 Å². The summed E-state index contributed by atoms with van der Waals surface area (Å²) in [5, 5.41) is 0. The van der Waals surface area contributed by atoms with E-state index in [0.29, 0.717) is 18.1 Å². The van der Waals surface area contributed by atoms with Crippen molar-refractivity contribution in [2.45, 2.75) is 25.7 Å². The third-order valence-electron chi connectivity index (χ3n) is 2.68. The summed E-state index contributed by atoms with van der Waals surface area (Å²) >= 11 is 0. The van der Waals surface area contributed by atoms with Gasteiger partial charge in [-0.15, -0.1) is 0 Å². The average Bonchev–Trinajstić information content (AvgIpc) is 3.12. The van der Waals surface area contributed by atoms with Gasteiger partial charge < -0.3 is 4.74 Å². The molecule has 0 spiro atoms. The Morgan fingerprint density at radius 1 is 1.69 bits per heavy atom. The van der Waals surface area contributed by atoms with E-state index in [-0.39, 0.29) is 5.97 Å². The maximum atomic E-state index is 11.7. The van der Waals surface area contributed by atoms with E-state index in [1.165, 1.54) is 0 Å².